The van der Waals surface area contributed by atoms with Crippen LogP contribution in [0.15, 0.2) is 17.6 Å². The average Bonchev–Trinajstić information content (AvgIpc) is 3.02. The highest BCUT2D eigenvalue weighted by atomic mass is 32.2. The van der Waals surface area contributed by atoms with Gasteiger partial charge in [0.15, 0.2) is 11.5 Å². The van der Waals surface area contributed by atoms with Gasteiger partial charge in [-0.25, -0.2) is 9.50 Å². The number of ether oxygens (including phenoxy) is 1. The number of fused-ring (bicyclic) bond motifs is 1. The molecule has 0 amide bonds. The zero-order valence-electron chi connectivity index (χ0n) is 12.2. The lowest BCUT2D eigenvalue weighted by Gasteiger charge is -2.07. The summed E-state index contributed by atoms with van der Waals surface area (Å²) in [6.07, 6.45) is 5.52. The summed E-state index contributed by atoms with van der Waals surface area (Å²) < 4.78 is 8.68. The van der Waals surface area contributed by atoms with Crippen LogP contribution in [0.5, 0.6) is 5.88 Å². The molecule has 0 atom stereocenters. The molecular formula is C12H15N7OS. The van der Waals surface area contributed by atoms with Crippen molar-refractivity contribution >= 4 is 28.9 Å². The zero-order valence-corrected chi connectivity index (χ0v) is 13.0. The first-order chi connectivity index (χ1) is 10.1. The van der Waals surface area contributed by atoms with Crippen molar-refractivity contribution in [1.29, 1.82) is 0 Å². The van der Waals surface area contributed by atoms with Crippen molar-refractivity contribution in [3.63, 3.8) is 0 Å². The van der Waals surface area contributed by atoms with Crippen LogP contribution in [-0.2, 0) is 7.05 Å². The number of rotatable bonds is 4. The van der Waals surface area contributed by atoms with Crippen molar-refractivity contribution < 1.29 is 4.74 Å². The molecule has 3 aromatic rings. The fourth-order valence-electron chi connectivity index (χ4n) is 1.97. The van der Waals surface area contributed by atoms with Crippen LogP contribution in [0.1, 0.15) is 5.69 Å². The summed E-state index contributed by atoms with van der Waals surface area (Å²) in [5.41, 5.74) is 2.34. The highest BCUT2D eigenvalue weighted by molar-refractivity contribution is 7.98. The number of anilines is 2. The summed E-state index contributed by atoms with van der Waals surface area (Å²) in [6, 6.07) is 0. The Bertz CT molecular complexity index is 794. The van der Waals surface area contributed by atoms with Gasteiger partial charge in [0.1, 0.15) is 5.69 Å². The summed E-state index contributed by atoms with van der Waals surface area (Å²) in [5, 5.41) is 12.5. The van der Waals surface area contributed by atoms with E-state index in [0.717, 1.165) is 11.4 Å². The summed E-state index contributed by atoms with van der Waals surface area (Å²) in [4.78, 5) is 8.83. The second kappa shape index (κ2) is 5.24. The molecule has 0 unspecified atom stereocenters. The van der Waals surface area contributed by atoms with Crippen LogP contribution in [-0.4, -0.2) is 42.7 Å². The fraction of sp³-hybridized carbons (Fsp3) is 0.333. The molecular weight excluding hydrogens is 290 g/mol. The van der Waals surface area contributed by atoms with Crippen molar-refractivity contribution in [1.82, 2.24) is 29.4 Å². The predicted molar refractivity (Wildman–Crippen MR) is 80.3 cm³/mol. The molecule has 0 saturated carbocycles. The van der Waals surface area contributed by atoms with Gasteiger partial charge < -0.3 is 10.1 Å². The van der Waals surface area contributed by atoms with Gasteiger partial charge in [-0.05, 0) is 13.2 Å². The topological polar surface area (TPSA) is 82.2 Å². The van der Waals surface area contributed by atoms with Gasteiger partial charge >= 0.3 is 0 Å². The number of nitrogens with zero attached hydrogens (tertiary/aromatic N) is 6. The minimum Gasteiger partial charge on any atom is -0.478 e. The average molecular weight is 305 g/mol. The number of imidazole rings is 1. The zero-order chi connectivity index (χ0) is 15.0. The Labute approximate surface area is 125 Å². The Morgan fingerprint density at radius 1 is 1.33 bits per heavy atom. The van der Waals surface area contributed by atoms with Crippen LogP contribution in [0.25, 0.3) is 5.65 Å². The molecule has 0 aliphatic rings. The van der Waals surface area contributed by atoms with Crippen LogP contribution in [0.4, 0.5) is 11.5 Å². The third-order valence-corrected chi connectivity index (χ3v) is 3.48. The number of hydrogen-bond donors (Lipinski definition) is 1. The lowest BCUT2D eigenvalue weighted by Crippen LogP contribution is -2.04. The third-order valence-electron chi connectivity index (χ3n) is 2.94. The van der Waals surface area contributed by atoms with Crippen molar-refractivity contribution in [2.24, 2.45) is 7.05 Å². The lowest BCUT2D eigenvalue weighted by atomic mass is 10.5. The molecule has 3 heterocycles. The van der Waals surface area contributed by atoms with Crippen molar-refractivity contribution in [3.8, 4) is 5.88 Å². The molecule has 8 nitrogen and oxygen atoms in total. The second-order valence-electron chi connectivity index (χ2n) is 4.43. The van der Waals surface area contributed by atoms with Gasteiger partial charge in [-0.3, -0.25) is 4.68 Å². The largest absolute Gasteiger partial charge is 0.478 e. The van der Waals surface area contributed by atoms with Crippen molar-refractivity contribution in [2.75, 3.05) is 18.7 Å². The van der Waals surface area contributed by atoms with Gasteiger partial charge in [0.05, 0.1) is 25.2 Å². The molecule has 1 N–H and O–H groups in total. The molecule has 0 aliphatic heterocycles. The van der Waals surface area contributed by atoms with Crippen LogP contribution in [0.2, 0.25) is 0 Å². The number of methoxy groups -OCH3 is 1. The minimum atomic E-state index is 0.503. The Balaban J connectivity index is 2.10. The van der Waals surface area contributed by atoms with Gasteiger partial charge in [-0.15, -0.1) is 10.2 Å². The Morgan fingerprint density at radius 3 is 2.86 bits per heavy atom. The summed E-state index contributed by atoms with van der Waals surface area (Å²) in [6.45, 7) is 1.95. The minimum absolute atomic E-state index is 0.503. The number of aromatic nitrogens is 6. The maximum absolute atomic E-state index is 5.24. The van der Waals surface area contributed by atoms with Crippen LogP contribution >= 0.6 is 11.8 Å². The highest BCUT2D eigenvalue weighted by Crippen LogP contribution is 2.27. The molecule has 21 heavy (non-hydrogen) atoms. The Hall–Kier alpha value is -2.29. The van der Waals surface area contributed by atoms with E-state index in [-0.39, 0.29) is 0 Å². The molecule has 0 fully saturated rings. The maximum Gasteiger partial charge on any atom is 0.256 e. The van der Waals surface area contributed by atoms with Gasteiger partial charge in [0.2, 0.25) is 5.16 Å². The molecule has 0 radical (unpaired) electrons. The predicted octanol–water partition coefficient (Wildman–Crippen LogP) is 1.64. The molecule has 3 rings (SSSR count). The molecule has 3 aromatic heterocycles. The molecule has 0 saturated heterocycles. The normalized spacial score (nSPS) is 11.0. The van der Waals surface area contributed by atoms with E-state index >= 15 is 0 Å². The smallest absolute Gasteiger partial charge is 0.256 e. The van der Waals surface area contributed by atoms with E-state index in [4.69, 9.17) is 4.74 Å². The van der Waals surface area contributed by atoms with Gasteiger partial charge in [0, 0.05) is 7.05 Å². The van der Waals surface area contributed by atoms with E-state index in [1.165, 1.54) is 11.8 Å². The van der Waals surface area contributed by atoms with E-state index in [1.54, 1.807) is 22.5 Å². The van der Waals surface area contributed by atoms with Gasteiger partial charge in [0.25, 0.3) is 5.88 Å². The quantitative estimate of drug-likeness (QED) is 0.734. The van der Waals surface area contributed by atoms with Crippen molar-refractivity contribution in [2.45, 2.75) is 12.1 Å². The maximum atomic E-state index is 5.24. The lowest BCUT2D eigenvalue weighted by molar-refractivity contribution is 0.393. The number of nitrogens with one attached hydrogen (secondary N) is 1. The highest BCUT2D eigenvalue weighted by Gasteiger charge is 2.14. The first kappa shape index (κ1) is 13.7. The summed E-state index contributed by atoms with van der Waals surface area (Å²) in [7, 11) is 3.41. The van der Waals surface area contributed by atoms with Crippen LogP contribution in [0, 0.1) is 6.92 Å². The van der Waals surface area contributed by atoms with E-state index in [9.17, 15) is 0 Å². The molecule has 110 valence electrons. The molecule has 0 spiro atoms. The fourth-order valence-corrected chi connectivity index (χ4v) is 2.32. The monoisotopic (exact) mass is 305 g/mol. The molecule has 0 bridgehead atoms. The standard InChI is InChI=1S/C12H15N7OS/c1-7-5-13-10-9(15-12(21-4)17-19(7)10)14-8-6-18(2)16-11(8)20-3/h5-6H,1-4H3,(H,14,15,17). The van der Waals surface area contributed by atoms with E-state index in [1.807, 2.05) is 26.4 Å². The second-order valence-corrected chi connectivity index (χ2v) is 5.21. The van der Waals surface area contributed by atoms with Crippen LogP contribution < -0.4 is 10.1 Å². The van der Waals surface area contributed by atoms with Crippen LogP contribution in [0.3, 0.4) is 0 Å². The first-order valence-electron chi connectivity index (χ1n) is 6.23. The third kappa shape index (κ3) is 2.40. The molecule has 0 aliphatic carbocycles. The van der Waals surface area contributed by atoms with Gasteiger partial charge in [-0.2, -0.15) is 4.98 Å². The Morgan fingerprint density at radius 2 is 2.14 bits per heavy atom. The van der Waals surface area contributed by atoms with E-state index in [2.05, 4.69) is 25.5 Å². The van der Waals surface area contributed by atoms with Gasteiger partial charge in [-0.1, -0.05) is 11.8 Å². The SMILES string of the molecule is COc1nn(C)cc1Nc1nc(SC)nn2c(C)cnc12. The number of hydrogen-bond acceptors (Lipinski definition) is 7. The Kier molecular flexibility index (Phi) is 3.42. The first-order valence-corrected chi connectivity index (χ1v) is 7.46. The van der Waals surface area contributed by atoms with E-state index in [0.29, 0.717) is 22.5 Å². The molecule has 9 heteroatoms. The number of aryl methyl sites for hydroxylation is 2. The number of thioether (sulfide) groups is 1. The van der Waals surface area contributed by atoms with Crippen molar-refractivity contribution in [3.05, 3.63) is 18.1 Å². The summed E-state index contributed by atoms with van der Waals surface area (Å²) >= 11 is 1.47. The summed E-state index contributed by atoms with van der Waals surface area (Å²) in [5.74, 6) is 1.12. The van der Waals surface area contributed by atoms with E-state index < -0.39 is 0 Å². The molecule has 0 aromatic carbocycles.